The van der Waals surface area contributed by atoms with Crippen molar-refractivity contribution >= 4 is 12.0 Å². The topological polar surface area (TPSA) is 67.2 Å². The molecule has 0 radical (unpaired) electrons. The Morgan fingerprint density at radius 1 is 1.12 bits per heavy atom. The molecule has 1 fully saturated rings. The third-order valence-electron chi connectivity index (χ3n) is 4.10. The van der Waals surface area contributed by atoms with E-state index in [2.05, 4.69) is 44.7 Å². The predicted molar refractivity (Wildman–Crippen MR) is 90.9 cm³/mol. The van der Waals surface area contributed by atoms with Gasteiger partial charge in [0.25, 0.3) is 0 Å². The van der Waals surface area contributed by atoms with E-state index in [4.69, 9.17) is 0 Å². The van der Waals surface area contributed by atoms with Gasteiger partial charge in [-0.05, 0) is 22.4 Å². The van der Waals surface area contributed by atoms with Crippen LogP contribution in [-0.2, 0) is 11.3 Å². The molecule has 1 aliphatic rings. The van der Waals surface area contributed by atoms with Crippen molar-refractivity contribution in [1.82, 2.24) is 30.0 Å². The predicted octanol–water partition coefficient (Wildman–Crippen LogP) is 0.921. The standard InChI is InChI=1S/C17H22N6O/c24-17(14-23-15-18-19-20-23)22-11-5-10-21(12-13-22)9-4-8-16-6-2-1-3-7-16/h1-4,6-8,15H,5,9-14H2. The molecule has 0 atom stereocenters. The number of nitrogens with zero attached hydrogens (tertiary/aromatic N) is 6. The number of tetrazole rings is 1. The fraction of sp³-hybridized carbons (Fsp3) is 0.412. The smallest absolute Gasteiger partial charge is 0.244 e. The largest absolute Gasteiger partial charge is 0.340 e. The third-order valence-corrected chi connectivity index (χ3v) is 4.10. The first-order valence-electron chi connectivity index (χ1n) is 8.24. The van der Waals surface area contributed by atoms with E-state index in [0.29, 0.717) is 0 Å². The molecule has 1 saturated heterocycles. The summed E-state index contributed by atoms with van der Waals surface area (Å²) in [6.07, 6.45) is 6.79. The van der Waals surface area contributed by atoms with E-state index in [1.165, 1.54) is 16.6 Å². The van der Waals surface area contributed by atoms with Crippen molar-refractivity contribution in [2.75, 3.05) is 32.7 Å². The fourth-order valence-electron chi connectivity index (χ4n) is 2.80. The first-order chi connectivity index (χ1) is 11.8. The minimum Gasteiger partial charge on any atom is -0.340 e. The van der Waals surface area contributed by atoms with Gasteiger partial charge in [-0.2, -0.15) is 0 Å². The molecule has 0 unspecified atom stereocenters. The second kappa shape index (κ2) is 8.35. The second-order valence-electron chi connectivity index (χ2n) is 5.86. The Balaban J connectivity index is 1.46. The number of hydrogen-bond acceptors (Lipinski definition) is 5. The lowest BCUT2D eigenvalue weighted by Gasteiger charge is -2.21. The fourth-order valence-corrected chi connectivity index (χ4v) is 2.80. The van der Waals surface area contributed by atoms with E-state index in [9.17, 15) is 4.79 Å². The zero-order valence-corrected chi connectivity index (χ0v) is 13.7. The first-order valence-corrected chi connectivity index (χ1v) is 8.24. The van der Waals surface area contributed by atoms with Gasteiger partial charge < -0.3 is 4.90 Å². The summed E-state index contributed by atoms with van der Waals surface area (Å²) in [6.45, 7) is 4.55. The first kappa shape index (κ1) is 16.3. The number of hydrogen-bond donors (Lipinski definition) is 0. The van der Waals surface area contributed by atoms with E-state index in [-0.39, 0.29) is 12.5 Å². The van der Waals surface area contributed by atoms with Gasteiger partial charge in [0.05, 0.1) is 0 Å². The molecule has 7 nitrogen and oxygen atoms in total. The van der Waals surface area contributed by atoms with Crippen LogP contribution in [0.4, 0.5) is 0 Å². The van der Waals surface area contributed by atoms with Crippen molar-refractivity contribution in [3.05, 3.63) is 48.3 Å². The highest BCUT2D eigenvalue weighted by atomic mass is 16.2. The van der Waals surface area contributed by atoms with Crippen LogP contribution in [0.25, 0.3) is 6.08 Å². The van der Waals surface area contributed by atoms with Crippen molar-refractivity contribution in [2.45, 2.75) is 13.0 Å². The molecule has 0 spiro atoms. The van der Waals surface area contributed by atoms with Crippen molar-refractivity contribution in [3.63, 3.8) is 0 Å². The zero-order valence-electron chi connectivity index (χ0n) is 13.7. The molecule has 24 heavy (non-hydrogen) atoms. The van der Waals surface area contributed by atoms with Crippen LogP contribution in [0.3, 0.4) is 0 Å². The molecule has 1 amide bonds. The lowest BCUT2D eigenvalue weighted by molar-refractivity contribution is -0.131. The highest BCUT2D eigenvalue weighted by Crippen LogP contribution is 2.06. The van der Waals surface area contributed by atoms with Crippen LogP contribution in [0.2, 0.25) is 0 Å². The molecule has 0 N–H and O–H groups in total. The van der Waals surface area contributed by atoms with Crippen molar-refractivity contribution in [3.8, 4) is 0 Å². The maximum absolute atomic E-state index is 12.3. The van der Waals surface area contributed by atoms with Crippen LogP contribution in [-0.4, -0.2) is 68.6 Å². The van der Waals surface area contributed by atoms with Crippen LogP contribution in [0.15, 0.2) is 42.7 Å². The third kappa shape index (κ3) is 4.73. The van der Waals surface area contributed by atoms with Crippen LogP contribution in [0.5, 0.6) is 0 Å². The number of benzene rings is 1. The SMILES string of the molecule is O=C(Cn1cnnn1)N1CCCN(CC=Cc2ccccc2)CC1. The van der Waals surface area contributed by atoms with Gasteiger partial charge in [-0.3, -0.25) is 9.69 Å². The molecule has 7 heteroatoms. The summed E-state index contributed by atoms with van der Waals surface area (Å²) in [7, 11) is 0. The molecule has 3 rings (SSSR count). The van der Waals surface area contributed by atoms with Gasteiger partial charge >= 0.3 is 0 Å². The molecule has 2 heterocycles. The summed E-state index contributed by atoms with van der Waals surface area (Å²) in [4.78, 5) is 16.6. The molecular weight excluding hydrogens is 304 g/mol. The maximum atomic E-state index is 12.3. The Labute approximate surface area is 141 Å². The molecule has 1 aromatic carbocycles. The van der Waals surface area contributed by atoms with E-state index in [1.54, 1.807) is 0 Å². The minimum atomic E-state index is 0.0731. The summed E-state index contributed by atoms with van der Waals surface area (Å²) in [5.41, 5.74) is 1.21. The lowest BCUT2D eigenvalue weighted by Crippen LogP contribution is -2.37. The zero-order chi connectivity index (χ0) is 16.6. The molecule has 0 aliphatic carbocycles. The number of carbonyl (C=O) groups excluding carboxylic acids is 1. The van der Waals surface area contributed by atoms with Gasteiger partial charge in [0.2, 0.25) is 5.91 Å². The van der Waals surface area contributed by atoms with Gasteiger partial charge in [0, 0.05) is 32.7 Å². The summed E-state index contributed by atoms with van der Waals surface area (Å²) in [5.74, 6) is 0.0731. The van der Waals surface area contributed by atoms with Crippen LogP contribution in [0, 0.1) is 0 Å². The van der Waals surface area contributed by atoms with E-state index in [1.807, 2.05) is 23.1 Å². The highest BCUT2D eigenvalue weighted by molar-refractivity contribution is 5.75. The van der Waals surface area contributed by atoms with Gasteiger partial charge in [0.1, 0.15) is 12.9 Å². The van der Waals surface area contributed by atoms with Crippen LogP contribution < -0.4 is 0 Å². The molecule has 2 aromatic rings. The average Bonchev–Trinajstić information content (AvgIpc) is 2.99. The molecule has 1 aliphatic heterocycles. The lowest BCUT2D eigenvalue weighted by atomic mass is 10.2. The highest BCUT2D eigenvalue weighted by Gasteiger charge is 2.19. The second-order valence-corrected chi connectivity index (χ2v) is 5.86. The Morgan fingerprint density at radius 2 is 2.00 bits per heavy atom. The summed E-state index contributed by atoms with van der Waals surface area (Å²) >= 11 is 0. The number of carbonyl (C=O) groups is 1. The van der Waals surface area contributed by atoms with E-state index >= 15 is 0 Å². The van der Waals surface area contributed by atoms with Crippen LogP contribution in [0.1, 0.15) is 12.0 Å². The summed E-state index contributed by atoms with van der Waals surface area (Å²) in [6, 6.07) is 10.3. The van der Waals surface area contributed by atoms with Crippen molar-refractivity contribution < 1.29 is 4.79 Å². The normalized spacial score (nSPS) is 16.4. The Morgan fingerprint density at radius 3 is 2.79 bits per heavy atom. The maximum Gasteiger partial charge on any atom is 0.244 e. The van der Waals surface area contributed by atoms with Crippen molar-refractivity contribution in [2.24, 2.45) is 0 Å². The van der Waals surface area contributed by atoms with Crippen LogP contribution >= 0.6 is 0 Å². The average molecular weight is 326 g/mol. The minimum absolute atomic E-state index is 0.0731. The van der Waals surface area contributed by atoms with E-state index < -0.39 is 0 Å². The van der Waals surface area contributed by atoms with Gasteiger partial charge in [-0.15, -0.1) is 5.10 Å². The molecule has 1 aromatic heterocycles. The monoisotopic (exact) mass is 326 g/mol. The molecule has 126 valence electrons. The quantitative estimate of drug-likeness (QED) is 0.817. The number of amides is 1. The Hall–Kier alpha value is -2.54. The van der Waals surface area contributed by atoms with E-state index in [0.717, 1.165) is 39.1 Å². The van der Waals surface area contributed by atoms with Crippen molar-refractivity contribution in [1.29, 1.82) is 0 Å². The summed E-state index contributed by atoms with van der Waals surface area (Å²) in [5, 5.41) is 10.9. The number of aromatic nitrogens is 4. The van der Waals surface area contributed by atoms with Gasteiger partial charge in [0.15, 0.2) is 0 Å². The van der Waals surface area contributed by atoms with Gasteiger partial charge in [-0.1, -0.05) is 42.5 Å². The molecule has 0 saturated carbocycles. The van der Waals surface area contributed by atoms with Gasteiger partial charge in [-0.25, -0.2) is 4.68 Å². The number of rotatable bonds is 5. The Kier molecular flexibility index (Phi) is 5.68. The molecule has 0 bridgehead atoms. The molecular formula is C17H22N6O. The summed E-state index contributed by atoms with van der Waals surface area (Å²) < 4.78 is 1.47. The Bertz CT molecular complexity index is 655.